The Morgan fingerprint density at radius 3 is 1.87 bits per heavy atom. The second-order valence-corrected chi connectivity index (χ2v) is 5.08. The standard InChI is InChI=1S/C14H29B/c1-4-6-9-13(3)10-8-12-14(15)11-7-5-2/h13-14H,4-12H2,1-3H3. The minimum atomic E-state index is 0.461. The summed E-state index contributed by atoms with van der Waals surface area (Å²) in [5.41, 5.74) is 0. The molecule has 88 valence electrons. The van der Waals surface area contributed by atoms with Crippen LogP contribution < -0.4 is 0 Å². The van der Waals surface area contributed by atoms with Crippen molar-refractivity contribution in [3.05, 3.63) is 0 Å². The highest BCUT2D eigenvalue weighted by Gasteiger charge is 2.04. The molecule has 15 heavy (non-hydrogen) atoms. The van der Waals surface area contributed by atoms with Gasteiger partial charge in [0.15, 0.2) is 0 Å². The molecule has 0 aromatic heterocycles. The SMILES string of the molecule is [B]C(CCCC)CCCC(C)CCCC. The molecule has 0 amide bonds. The van der Waals surface area contributed by atoms with E-state index >= 15 is 0 Å². The molecular formula is C14H29B. The van der Waals surface area contributed by atoms with E-state index < -0.39 is 0 Å². The number of unbranched alkanes of at least 4 members (excludes halogenated alkanes) is 2. The first kappa shape index (κ1) is 15.1. The van der Waals surface area contributed by atoms with E-state index in [4.69, 9.17) is 7.85 Å². The van der Waals surface area contributed by atoms with Crippen LogP contribution in [0.4, 0.5) is 0 Å². The molecule has 1 heteroatoms. The molecule has 0 saturated heterocycles. The minimum Gasteiger partial charge on any atom is -0.0774 e. The van der Waals surface area contributed by atoms with E-state index in [9.17, 15) is 0 Å². The molecule has 2 radical (unpaired) electrons. The van der Waals surface area contributed by atoms with Crippen LogP contribution in [0.5, 0.6) is 0 Å². The van der Waals surface area contributed by atoms with Crippen LogP contribution in [0, 0.1) is 5.92 Å². The Kier molecular flexibility index (Phi) is 10.6. The Bertz CT molecular complexity index is 109. The van der Waals surface area contributed by atoms with Crippen molar-refractivity contribution in [3.63, 3.8) is 0 Å². The van der Waals surface area contributed by atoms with Crippen molar-refractivity contribution in [2.75, 3.05) is 0 Å². The molecule has 0 N–H and O–H groups in total. The fourth-order valence-corrected chi connectivity index (χ4v) is 2.04. The fourth-order valence-electron chi connectivity index (χ4n) is 2.04. The van der Waals surface area contributed by atoms with Gasteiger partial charge in [-0.1, -0.05) is 84.4 Å². The van der Waals surface area contributed by atoms with E-state index in [1.807, 2.05) is 0 Å². The molecule has 0 aromatic rings. The van der Waals surface area contributed by atoms with Crippen molar-refractivity contribution in [2.24, 2.45) is 5.92 Å². The van der Waals surface area contributed by atoms with Crippen LogP contribution in [0.3, 0.4) is 0 Å². The van der Waals surface area contributed by atoms with E-state index in [1.54, 1.807) is 0 Å². The Balaban J connectivity index is 3.27. The van der Waals surface area contributed by atoms with Gasteiger partial charge in [0.25, 0.3) is 0 Å². The van der Waals surface area contributed by atoms with E-state index in [0.717, 1.165) is 5.92 Å². The Morgan fingerprint density at radius 1 is 0.800 bits per heavy atom. The molecule has 0 saturated carbocycles. The average molecular weight is 208 g/mol. The van der Waals surface area contributed by atoms with Crippen molar-refractivity contribution in [3.8, 4) is 0 Å². The summed E-state index contributed by atoms with van der Waals surface area (Å²) in [5, 5.41) is 0. The molecule has 0 bridgehead atoms. The molecule has 0 aromatic carbocycles. The predicted octanol–water partition coefficient (Wildman–Crippen LogP) is 5.13. The fraction of sp³-hybridized carbons (Fsp3) is 1.00. The number of hydrogen-bond donors (Lipinski definition) is 0. The highest BCUT2D eigenvalue weighted by Crippen LogP contribution is 2.21. The molecule has 0 fully saturated rings. The van der Waals surface area contributed by atoms with Crippen LogP contribution in [0.2, 0.25) is 5.82 Å². The average Bonchev–Trinajstić information content (AvgIpc) is 2.23. The van der Waals surface area contributed by atoms with Crippen LogP contribution in [-0.2, 0) is 0 Å². The summed E-state index contributed by atoms with van der Waals surface area (Å²) in [6, 6.07) is 0. The molecule has 0 aliphatic carbocycles. The molecule has 0 aliphatic rings. The van der Waals surface area contributed by atoms with Gasteiger partial charge in [-0.25, -0.2) is 0 Å². The van der Waals surface area contributed by atoms with Crippen LogP contribution in [0.15, 0.2) is 0 Å². The van der Waals surface area contributed by atoms with E-state index in [1.165, 1.54) is 57.8 Å². The molecule has 0 aliphatic heterocycles. The van der Waals surface area contributed by atoms with Gasteiger partial charge >= 0.3 is 0 Å². The quantitative estimate of drug-likeness (QED) is 0.436. The lowest BCUT2D eigenvalue weighted by Crippen LogP contribution is -1.98. The summed E-state index contributed by atoms with van der Waals surface area (Å²) in [6.45, 7) is 6.89. The van der Waals surface area contributed by atoms with Crippen molar-refractivity contribution in [2.45, 2.75) is 84.4 Å². The van der Waals surface area contributed by atoms with Gasteiger partial charge in [-0.2, -0.15) is 0 Å². The summed E-state index contributed by atoms with van der Waals surface area (Å²) < 4.78 is 0. The summed E-state index contributed by atoms with van der Waals surface area (Å²) in [7, 11) is 6.05. The molecule has 0 heterocycles. The van der Waals surface area contributed by atoms with Gasteiger partial charge in [0.1, 0.15) is 0 Å². The summed E-state index contributed by atoms with van der Waals surface area (Å²) in [5.74, 6) is 1.37. The van der Waals surface area contributed by atoms with Gasteiger partial charge in [0.2, 0.25) is 0 Å². The smallest absolute Gasteiger partial charge is 0.0699 e. The second kappa shape index (κ2) is 10.6. The zero-order valence-corrected chi connectivity index (χ0v) is 11.1. The monoisotopic (exact) mass is 208 g/mol. The van der Waals surface area contributed by atoms with E-state index in [-0.39, 0.29) is 0 Å². The van der Waals surface area contributed by atoms with Gasteiger partial charge in [0, 0.05) is 0 Å². The van der Waals surface area contributed by atoms with Crippen LogP contribution in [0.25, 0.3) is 0 Å². The first-order chi connectivity index (χ1) is 7.20. The molecule has 2 unspecified atom stereocenters. The Hall–Kier alpha value is 0.0649. The van der Waals surface area contributed by atoms with Gasteiger partial charge in [-0.05, 0) is 5.92 Å². The van der Waals surface area contributed by atoms with Crippen LogP contribution >= 0.6 is 0 Å². The molecule has 2 atom stereocenters. The van der Waals surface area contributed by atoms with Gasteiger partial charge in [-0.15, -0.1) is 0 Å². The zero-order valence-electron chi connectivity index (χ0n) is 11.1. The third-order valence-corrected chi connectivity index (χ3v) is 3.25. The lowest BCUT2D eigenvalue weighted by atomic mass is 9.78. The summed E-state index contributed by atoms with van der Waals surface area (Å²) >= 11 is 0. The molecule has 0 spiro atoms. The number of hydrogen-bond acceptors (Lipinski definition) is 0. The highest BCUT2D eigenvalue weighted by molar-refractivity contribution is 6.11. The lowest BCUT2D eigenvalue weighted by Gasteiger charge is -2.14. The topological polar surface area (TPSA) is 0 Å². The first-order valence-electron chi connectivity index (χ1n) is 6.96. The van der Waals surface area contributed by atoms with E-state index in [2.05, 4.69) is 20.8 Å². The molecule has 0 rings (SSSR count). The largest absolute Gasteiger partial charge is 0.0774 e. The third kappa shape index (κ3) is 10.3. The first-order valence-corrected chi connectivity index (χ1v) is 6.96. The second-order valence-electron chi connectivity index (χ2n) is 5.08. The minimum absolute atomic E-state index is 0.461. The van der Waals surface area contributed by atoms with Gasteiger partial charge < -0.3 is 0 Å². The predicted molar refractivity (Wildman–Crippen MR) is 71.6 cm³/mol. The Labute approximate surface area is 98.6 Å². The third-order valence-electron chi connectivity index (χ3n) is 3.25. The summed E-state index contributed by atoms with van der Waals surface area (Å²) in [6.07, 6.45) is 11.9. The Morgan fingerprint density at radius 2 is 1.27 bits per heavy atom. The molecular weight excluding hydrogens is 179 g/mol. The van der Waals surface area contributed by atoms with Crippen molar-refractivity contribution < 1.29 is 0 Å². The lowest BCUT2D eigenvalue weighted by molar-refractivity contribution is 0.442. The van der Waals surface area contributed by atoms with Crippen LogP contribution in [0.1, 0.15) is 78.6 Å². The normalized spacial score (nSPS) is 15.1. The summed E-state index contributed by atoms with van der Waals surface area (Å²) in [4.78, 5) is 0. The van der Waals surface area contributed by atoms with Gasteiger partial charge in [0.05, 0.1) is 7.85 Å². The maximum Gasteiger partial charge on any atom is 0.0699 e. The van der Waals surface area contributed by atoms with Crippen molar-refractivity contribution >= 4 is 7.85 Å². The highest BCUT2D eigenvalue weighted by atomic mass is 14.1. The molecule has 0 nitrogen and oxygen atoms in total. The van der Waals surface area contributed by atoms with Gasteiger partial charge in [-0.3, -0.25) is 0 Å². The maximum atomic E-state index is 6.05. The maximum absolute atomic E-state index is 6.05. The van der Waals surface area contributed by atoms with Crippen molar-refractivity contribution in [1.82, 2.24) is 0 Å². The number of rotatable bonds is 10. The van der Waals surface area contributed by atoms with E-state index in [0.29, 0.717) is 5.82 Å². The van der Waals surface area contributed by atoms with Crippen molar-refractivity contribution in [1.29, 1.82) is 0 Å². The zero-order chi connectivity index (χ0) is 11.5. The van der Waals surface area contributed by atoms with Crippen LogP contribution in [-0.4, -0.2) is 7.85 Å².